The summed E-state index contributed by atoms with van der Waals surface area (Å²) in [5, 5.41) is 2.21. The van der Waals surface area contributed by atoms with Crippen LogP contribution in [0.5, 0.6) is 11.5 Å². The number of hydrogen-bond acceptors (Lipinski definition) is 2. The predicted octanol–water partition coefficient (Wildman–Crippen LogP) is 20.0. The van der Waals surface area contributed by atoms with Gasteiger partial charge in [0.05, 0.1) is 16.5 Å². The molecule has 85 heavy (non-hydrogen) atoms. The summed E-state index contributed by atoms with van der Waals surface area (Å²) in [6.45, 7) is 20.6. The van der Waals surface area contributed by atoms with E-state index >= 15 is 0 Å². The van der Waals surface area contributed by atoms with Crippen LogP contribution >= 0.6 is 0 Å². The Morgan fingerprint density at radius 2 is 1.02 bits per heavy atom. The Kier molecular flexibility index (Phi) is 13.6. The van der Waals surface area contributed by atoms with Crippen molar-refractivity contribution in [2.45, 2.75) is 84.0 Å². The first kappa shape index (κ1) is 55.2. The van der Waals surface area contributed by atoms with Gasteiger partial charge < -0.3 is 9.30 Å². The van der Waals surface area contributed by atoms with Crippen LogP contribution in [0.3, 0.4) is 0 Å². The van der Waals surface area contributed by atoms with E-state index in [9.17, 15) is 0 Å². The molecule has 3 heterocycles. The third-order valence-corrected chi connectivity index (χ3v) is 17.2. The first-order valence-electron chi connectivity index (χ1n) is 29.3. The number of aromatic nitrogens is 2. The number of para-hydroxylation sites is 4. The predicted molar refractivity (Wildman–Crippen MR) is 348 cm³/mol. The van der Waals surface area contributed by atoms with E-state index in [1.807, 2.05) is 24.4 Å². The molecule has 0 saturated heterocycles. The summed E-state index contributed by atoms with van der Waals surface area (Å²) >= 11 is 0. The summed E-state index contributed by atoms with van der Waals surface area (Å²) < 4.78 is 13.4. The molecule has 416 valence electrons. The molecule has 0 saturated carbocycles. The van der Waals surface area contributed by atoms with Crippen LogP contribution in [0.25, 0.3) is 61.0 Å². The second kappa shape index (κ2) is 21.0. The molecule has 0 fully saturated rings. The second-order valence-corrected chi connectivity index (χ2v) is 25.6. The summed E-state index contributed by atoms with van der Waals surface area (Å²) in [7, 11) is 0. The van der Waals surface area contributed by atoms with Crippen LogP contribution in [0.1, 0.15) is 101 Å². The molecule has 1 aliphatic carbocycles. The average molecular weight is 1280 g/mol. The average Bonchev–Trinajstić information content (AvgIpc) is 1.74. The third-order valence-electron chi connectivity index (χ3n) is 17.2. The summed E-state index contributed by atoms with van der Waals surface area (Å²) in [4.78, 5) is 4.91. The summed E-state index contributed by atoms with van der Waals surface area (Å²) in [6.07, 6.45) is 1.91. The fourth-order valence-electron chi connectivity index (χ4n) is 12.8. The molecule has 0 spiro atoms. The van der Waals surface area contributed by atoms with Gasteiger partial charge in [-0.3, -0.25) is 0 Å². The van der Waals surface area contributed by atoms with Crippen LogP contribution in [-0.4, -0.2) is 15.6 Å². The normalized spacial score (nSPS) is 13.4. The van der Waals surface area contributed by atoms with Gasteiger partial charge in [0.15, 0.2) is 0 Å². The van der Waals surface area contributed by atoms with E-state index in [-0.39, 0.29) is 37.3 Å². The number of nitrogens with zero attached hydrogens (tertiary/aromatic N) is 4. The van der Waals surface area contributed by atoms with Crippen molar-refractivity contribution in [3.63, 3.8) is 0 Å². The zero-order chi connectivity index (χ0) is 57.7. The van der Waals surface area contributed by atoms with Gasteiger partial charge in [-0.25, -0.2) is 4.98 Å². The van der Waals surface area contributed by atoms with Crippen molar-refractivity contribution < 1.29 is 25.8 Å². The van der Waals surface area contributed by atoms with Gasteiger partial charge in [0.2, 0.25) is 5.69 Å². The maximum Gasteiger partial charge on any atom is 2.00 e. The first-order chi connectivity index (χ1) is 40.5. The van der Waals surface area contributed by atoms with E-state index in [4.69, 9.17) is 9.72 Å². The Morgan fingerprint density at radius 3 is 1.72 bits per heavy atom. The molecule has 6 heteroatoms. The smallest absolute Gasteiger partial charge is 0.509 e. The van der Waals surface area contributed by atoms with Crippen molar-refractivity contribution in [3.05, 3.63) is 288 Å². The van der Waals surface area contributed by atoms with Crippen molar-refractivity contribution in [2.75, 3.05) is 0 Å². The summed E-state index contributed by atoms with van der Waals surface area (Å²) in [5.41, 5.74) is 20.8. The van der Waals surface area contributed by atoms with Crippen LogP contribution in [0.15, 0.2) is 237 Å². The maximum absolute atomic E-state index is 6.80. The summed E-state index contributed by atoms with van der Waals surface area (Å²) in [5.74, 6) is 1.98. The molecule has 0 N–H and O–H groups in total. The Labute approximate surface area is 514 Å². The number of fused-ring (bicyclic) bond motifs is 7. The Hall–Kier alpha value is -8.98. The van der Waals surface area contributed by atoms with E-state index in [1.54, 1.807) is 0 Å². The SMILES string of the molecule is CC(C)(C)c1cc(-c2cccc(-c3ccc4c(c3)-c3ccccc3C4(c3ccccc3)c3ccccc3)c2[N+]2=C=[N+](c3[c-]c(Oc4[c-]c5c(cc4)c4ccccc4n5-c4cc(C(C)(C)C)ccn4)ccc3)c3ccccc32)cc(C(C)(C)C)c1.[Pt+2]. The number of ether oxygens (including phenoxy) is 1. The van der Waals surface area contributed by atoms with Gasteiger partial charge in [0, 0.05) is 35.3 Å². The number of hydrogen-bond donors (Lipinski definition) is 0. The Bertz CT molecular complexity index is 4610. The molecular formula is C79H66N4OPt+2. The largest absolute Gasteiger partial charge is 2.00 e. The molecular weight excluding hydrogens is 1220 g/mol. The Balaban J connectivity index is 0.00000672. The van der Waals surface area contributed by atoms with E-state index in [2.05, 4.69) is 306 Å². The van der Waals surface area contributed by atoms with Crippen molar-refractivity contribution in [2.24, 2.45) is 0 Å². The molecule has 1 aliphatic heterocycles. The Morgan fingerprint density at radius 1 is 0.447 bits per heavy atom. The monoisotopic (exact) mass is 1280 g/mol. The molecule has 0 bridgehead atoms. The standard InChI is InChI=1S/C79H66N4O.Pt/c1-76(2,3)56-42-43-80-74(48-56)83-70-35-19-17-31-65(70)66-40-39-61(50-73(66)83)84-60-29-22-28-59(49-60)81-51-82(72-37-21-20-36-71(72)81)75-62(32-23-33-63(75)53-44-57(77(4,5)6)47-58(45-53)78(7,8)9)52-38-41-69-67(46-52)64-30-16-18-34-68(64)79(69,54-24-12-10-13-25-54)55-26-14-11-15-27-55;/h10-48H,1-9H3;/q;+2. The number of rotatable bonds is 9. The van der Waals surface area contributed by atoms with E-state index < -0.39 is 5.41 Å². The topological polar surface area (TPSA) is 33.1 Å². The molecule has 2 aromatic heterocycles. The molecule has 0 atom stereocenters. The zero-order valence-corrected chi connectivity index (χ0v) is 51.8. The summed E-state index contributed by atoms with van der Waals surface area (Å²) in [6, 6.07) is 95.2. The van der Waals surface area contributed by atoms with Gasteiger partial charge in [-0.05, 0) is 124 Å². The van der Waals surface area contributed by atoms with Gasteiger partial charge >= 0.3 is 27.1 Å². The van der Waals surface area contributed by atoms with Crippen LogP contribution in [0.4, 0.5) is 22.7 Å². The second-order valence-electron chi connectivity index (χ2n) is 25.6. The van der Waals surface area contributed by atoms with Gasteiger partial charge in [0.1, 0.15) is 11.5 Å². The fourth-order valence-corrected chi connectivity index (χ4v) is 12.8. The van der Waals surface area contributed by atoms with E-state index in [0.29, 0.717) is 11.5 Å². The number of benzene rings is 10. The molecule has 14 rings (SSSR count). The molecule has 0 radical (unpaired) electrons. The van der Waals surface area contributed by atoms with Crippen LogP contribution in [0, 0.1) is 12.1 Å². The van der Waals surface area contributed by atoms with Gasteiger partial charge in [-0.15, -0.1) is 23.6 Å². The molecule has 5 nitrogen and oxygen atoms in total. The van der Waals surface area contributed by atoms with Crippen molar-refractivity contribution in [1.82, 2.24) is 18.7 Å². The van der Waals surface area contributed by atoms with Gasteiger partial charge in [-0.2, -0.15) is 12.1 Å². The van der Waals surface area contributed by atoms with Gasteiger partial charge in [0.25, 0.3) is 11.4 Å². The zero-order valence-electron chi connectivity index (χ0n) is 49.5. The quantitative estimate of drug-likeness (QED) is 0.107. The molecule has 0 amide bonds. The van der Waals surface area contributed by atoms with Crippen LogP contribution in [-0.2, 0) is 42.7 Å². The van der Waals surface area contributed by atoms with Crippen molar-refractivity contribution in [1.29, 1.82) is 0 Å². The molecule has 12 aromatic rings. The van der Waals surface area contributed by atoms with Crippen molar-refractivity contribution >= 4 is 50.6 Å². The van der Waals surface area contributed by atoms with Crippen LogP contribution < -0.4 is 13.9 Å². The van der Waals surface area contributed by atoms with Gasteiger partial charge in [-0.1, -0.05) is 236 Å². The first-order valence-corrected chi connectivity index (χ1v) is 29.3. The van der Waals surface area contributed by atoms with E-state index in [1.165, 1.54) is 50.1 Å². The maximum atomic E-state index is 6.80. The minimum absolute atomic E-state index is 0. The van der Waals surface area contributed by atoms with Crippen molar-refractivity contribution in [3.8, 4) is 50.7 Å². The minimum atomic E-state index is -0.514. The number of pyridine rings is 1. The van der Waals surface area contributed by atoms with E-state index in [0.717, 1.165) is 72.6 Å². The molecule has 10 aromatic carbocycles. The fraction of sp³-hybridized carbons (Fsp3) is 0.165. The molecule has 0 unspecified atom stereocenters. The molecule has 2 aliphatic rings. The van der Waals surface area contributed by atoms with Crippen LogP contribution in [0.2, 0.25) is 0 Å². The minimum Gasteiger partial charge on any atom is -0.509 e. The third kappa shape index (κ3) is 9.42.